The zero-order valence-corrected chi connectivity index (χ0v) is 18.8. The first-order valence-corrected chi connectivity index (χ1v) is 12.2. The molecule has 170 valence electrons. The summed E-state index contributed by atoms with van der Waals surface area (Å²) < 4.78 is 33.6. The van der Waals surface area contributed by atoms with Crippen LogP contribution in [-0.4, -0.2) is 62.3 Å². The molecule has 2 aromatic rings. The number of aliphatic carboxylic acids is 1. The van der Waals surface area contributed by atoms with Crippen LogP contribution in [0.15, 0.2) is 47.4 Å². The molecule has 3 N–H and O–H groups in total. The number of nitrogens with zero attached hydrogens (tertiary/aromatic N) is 1. The van der Waals surface area contributed by atoms with E-state index in [1.54, 1.807) is 17.8 Å². The SMILES string of the molecule is COc1ccc(/C=C/C(=O)O)cc1S(=O)(=O)Nc1ccc(N2CCSCC2)c(C(=O)O)c1. The molecule has 2 aromatic carbocycles. The number of ether oxygens (including phenoxy) is 1. The first-order chi connectivity index (χ1) is 15.2. The highest BCUT2D eigenvalue weighted by atomic mass is 32.2. The van der Waals surface area contributed by atoms with Crippen molar-refractivity contribution in [3.05, 3.63) is 53.6 Å². The van der Waals surface area contributed by atoms with Crippen molar-refractivity contribution < 1.29 is 33.0 Å². The molecule has 0 aromatic heterocycles. The molecular formula is C21H22N2O7S2. The number of nitrogens with one attached hydrogen (secondary N) is 1. The van der Waals surface area contributed by atoms with E-state index < -0.39 is 22.0 Å². The summed E-state index contributed by atoms with van der Waals surface area (Å²) in [5.41, 5.74) is 0.977. The molecule has 32 heavy (non-hydrogen) atoms. The topological polar surface area (TPSA) is 133 Å². The molecule has 0 saturated carbocycles. The van der Waals surface area contributed by atoms with Crippen molar-refractivity contribution in [3.63, 3.8) is 0 Å². The van der Waals surface area contributed by atoms with Crippen LogP contribution < -0.4 is 14.4 Å². The van der Waals surface area contributed by atoms with Gasteiger partial charge in [0.15, 0.2) is 0 Å². The van der Waals surface area contributed by atoms with Crippen LogP contribution in [0.1, 0.15) is 15.9 Å². The van der Waals surface area contributed by atoms with Gasteiger partial charge in [-0.15, -0.1) is 0 Å². The van der Waals surface area contributed by atoms with Gasteiger partial charge in [-0.2, -0.15) is 11.8 Å². The van der Waals surface area contributed by atoms with Gasteiger partial charge in [0.25, 0.3) is 10.0 Å². The van der Waals surface area contributed by atoms with E-state index in [2.05, 4.69) is 4.72 Å². The molecule has 0 unspecified atom stereocenters. The first kappa shape index (κ1) is 23.5. The number of rotatable bonds is 8. The summed E-state index contributed by atoms with van der Waals surface area (Å²) in [6.07, 6.45) is 2.15. The molecule has 9 nitrogen and oxygen atoms in total. The monoisotopic (exact) mass is 478 g/mol. The molecule has 3 rings (SSSR count). The molecular weight excluding hydrogens is 456 g/mol. The Labute approximate surface area is 189 Å². The molecule has 0 aliphatic carbocycles. The van der Waals surface area contributed by atoms with Crippen LogP contribution in [0.4, 0.5) is 11.4 Å². The molecule has 0 atom stereocenters. The third-order valence-electron chi connectivity index (χ3n) is 4.73. The number of methoxy groups -OCH3 is 1. The maximum Gasteiger partial charge on any atom is 0.337 e. The Hall–Kier alpha value is -3.18. The predicted molar refractivity (Wildman–Crippen MR) is 123 cm³/mol. The number of carboxylic acid groups (broad SMARTS) is 2. The minimum absolute atomic E-state index is 0.00204. The van der Waals surface area contributed by atoms with Crippen molar-refractivity contribution in [2.75, 3.05) is 41.3 Å². The van der Waals surface area contributed by atoms with Gasteiger partial charge in [0.1, 0.15) is 10.6 Å². The maximum atomic E-state index is 13.0. The minimum atomic E-state index is -4.16. The third-order valence-corrected chi connectivity index (χ3v) is 7.07. The molecule has 0 spiro atoms. The summed E-state index contributed by atoms with van der Waals surface area (Å²) in [7, 11) is -2.85. The second-order valence-corrected chi connectivity index (χ2v) is 9.70. The number of aromatic carboxylic acids is 1. The van der Waals surface area contributed by atoms with Crippen LogP contribution in [0, 0.1) is 0 Å². The normalized spacial score (nSPS) is 14.3. The zero-order chi connectivity index (χ0) is 23.3. The van der Waals surface area contributed by atoms with Gasteiger partial charge in [0.2, 0.25) is 0 Å². The fourth-order valence-corrected chi connectivity index (χ4v) is 5.39. The Morgan fingerprint density at radius 2 is 1.84 bits per heavy atom. The fraction of sp³-hybridized carbons (Fsp3) is 0.238. The van der Waals surface area contributed by atoms with Crippen molar-refractivity contribution in [2.45, 2.75) is 4.90 Å². The van der Waals surface area contributed by atoms with Crippen LogP contribution in [-0.2, 0) is 14.8 Å². The van der Waals surface area contributed by atoms with Gasteiger partial charge in [-0.3, -0.25) is 4.72 Å². The Kier molecular flexibility index (Phi) is 7.31. The summed E-state index contributed by atoms with van der Waals surface area (Å²) in [5, 5.41) is 18.5. The number of carboxylic acids is 2. The lowest BCUT2D eigenvalue weighted by molar-refractivity contribution is -0.131. The van der Waals surface area contributed by atoms with E-state index in [1.165, 1.54) is 43.5 Å². The molecule has 1 saturated heterocycles. The molecule has 11 heteroatoms. The lowest BCUT2D eigenvalue weighted by atomic mass is 10.1. The van der Waals surface area contributed by atoms with Crippen molar-refractivity contribution in [1.82, 2.24) is 0 Å². The van der Waals surface area contributed by atoms with Crippen LogP contribution in [0.5, 0.6) is 5.75 Å². The van der Waals surface area contributed by atoms with Crippen molar-refractivity contribution in [1.29, 1.82) is 0 Å². The second kappa shape index (κ2) is 9.96. The van der Waals surface area contributed by atoms with E-state index in [0.717, 1.165) is 17.6 Å². The Morgan fingerprint density at radius 1 is 1.12 bits per heavy atom. The highest BCUT2D eigenvalue weighted by Crippen LogP contribution is 2.30. The second-order valence-electron chi connectivity index (χ2n) is 6.82. The summed E-state index contributed by atoms with van der Waals surface area (Å²) in [6.45, 7) is 1.42. The van der Waals surface area contributed by atoms with E-state index in [-0.39, 0.29) is 21.9 Å². The van der Waals surface area contributed by atoms with Gasteiger partial charge in [-0.05, 0) is 42.0 Å². The van der Waals surface area contributed by atoms with Gasteiger partial charge in [0, 0.05) is 36.4 Å². The summed E-state index contributed by atoms with van der Waals surface area (Å²) in [6, 6.07) is 8.61. The Morgan fingerprint density at radius 3 is 2.47 bits per heavy atom. The van der Waals surface area contributed by atoms with Crippen LogP contribution in [0.25, 0.3) is 6.08 Å². The van der Waals surface area contributed by atoms with Crippen molar-refractivity contribution in [2.24, 2.45) is 0 Å². The summed E-state index contributed by atoms with van der Waals surface area (Å²) in [4.78, 5) is 24.4. The van der Waals surface area contributed by atoms with E-state index in [0.29, 0.717) is 24.3 Å². The number of carbonyl (C=O) groups is 2. The number of sulfonamides is 1. The Bertz CT molecular complexity index is 1160. The first-order valence-electron chi connectivity index (χ1n) is 9.53. The van der Waals surface area contributed by atoms with E-state index in [1.807, 2.05) is 4.90 Å². The average molecular weight is 479 g/mol. The summed E-state index contributed by atoms with van der Waals surface area (Å²) in [5.74, 6) is -0.486. The van der Waals surface area contributed by atoms with Gasteiger partial charge >= 0.3 is 11.9 Å². The lowest BCUT2D eigenvalue weighted by Gasteiger charge is -2.29. The van der Waals surface area contributed by atoms with E-state index in [4.69, 9.17) is 9.84 Å². The predicted octanol–water partition coefficient (Wildman–Crippen LogP) is 2.85. The molecule has 0 bridgehead atoms. The molecule has 1 aliphatic heterocycles. The largest absolute Gasteiger partial charge is 0.495 e. The molecule has 0 radical (unpaired) electrons. The van der Waals surface area contributed by atoms with Crippen LogP contribution in [0.3, 0.4) is 0 Å². The number of anilines is 2. The van der Waals surface area contributed by atoms with E-state index in [9.17, 15) is 23.1 Å². The molecule has 0 amide bonds. The maximum absolute atomic E-state index is 13.0. The number of thioether (sulfide) groups is 1. The van der Waals surface area contributed by atoms with Gasteiger partial charge < -0.3 is 19.8 Å². The van der Waals surface area contributed by atoms with Gasteiger partial charge in [-0.1, -0.05) is 6.07 Å². The lowest BCUT2D eigenvalue weighted by Crippen LogP contribution is -2.33. The highest BCUT2D eigenvalue weighted by Gasteiger charge is 2.23. The zero-order valence-electron chi connectivity index (χ0n) is 17.1. The average Bonchev–Trinajstić information content (AvgIpc) is 2.77. The summed E-state index contributed by atoms with van der Waals surface area (Å²) >= 11 is 1.80. The fourth-order valence-electron chi connectivity index (χ4n) is 3.24. The van der Waals surface area contributed by atoms with E-state index >= 15 is 0 Å². The minimum Gasteiger partial charge on any atom is -0.495 e. The van der Waals surface area contributed by atoms with Crippen LogP contribution >= 0.6 is 11.8 Å². The highest BCUT2D eigenvalue weighted by molar-refractivity contribution is 7.99. The molecule has 1 heterocycles. The molecule has 1 aliphatic rings. The van der Waals surface area contributed by atoms with Gasteiger partial charge in [-0.25, -0.2) is 18.0 Å². The number of hydrogen-bond acceptors (Lipinski definition) is 7. The Balaban J connectivity index is 1.95. The number of hydrogen-bond donors (Lipinski definition) is 3. The van der Waals surface area contributed by atoms with Gasteiger partial charge in [0.05, 0.1) is 18.4 Å². The smallest absolute Gasteiger partial charge is 0.337 e. The quantitative estimate of drug-likeness (QED) is 0.490. The van der Waals surface area contributed by atoms with Crippen molar-refractivity contribution >= 4 is 51.2 Å². The van der Waals surface area contributed by atoms with Crippen LogP contribution in [0.2, 0.25) is 0 Å². The third kappa shape index (κ3) is 5.54. The van der Waals surface area contributed by atoms with Crippen molar-refractivity contribution in [3.8, 4) is 5.75 Å². The molecule has 1 fully saturated rings. The number of benzene rings is 2. The standard InChI is InChI=1S/C21H22N2O7S2/c1-30-18-6-2-14(3-7-20(24)25)12-19(18)32(28,29)22-15-4-5-17(16(13-15)21(26)27)23-8-10-31-11-9-23/h2-7,12-13,22H,8-11H2,1H3,(H,24,25)(H,26,27)/b7-3+.